The summed E-state index contributed by atoms with van der Waals surface area (Å²) in [4.78, 5) is 23.3. The van der Waals surface area contributed by atoms with Crippen LogP contribution in [0.2, 0.25) is 0 Å². The Morgan fingerprint density at radius 2 is 1.10 bits per heavy atom. The van der Waals surface area contributed by atoms with Crippen molar-refractivity contribution in [1.29, 1.82) is 0 Å². The van der Waals surface area contributed by atoms with E-state index in [-0.39, 0.29) is 18.3 Å². The molecule has 0 rings (SSSR count). The SMILES string of the molecule is CCCCCCCCCCOC(=O)C(CCCCCCCCCC)CCC(=O)O. The quantitative estimate of drug-likeness (QED) is 0.146. The minimum Gasteiger partial charge on any atom is -0.481 e. The second-order valence-electron chi connectivity index (χ2n) is 8.54. The molecule has 0 radical (unpaired) electrons. The van der Waals surface area contributed by atoms with E-state index in [1.165, 1.54) is 77.0 Å². The monoisotopic (exact) mass is 412 g/mol. The molecule has 0 bridgehead atoms. The molecule has 0 aromatic heterocycles. The Morgan fingerprint density at radius 1 is 0.655 bits per heavy atom. The zero-order valence-corrected chi connectivity index (χ0v) is 19.4. The predicted octanol–water partition coefficient (Wildman–Crippen LogP) is 7.68. The van der Waals surface area contributed by atoms with Gasteiger partial charge < -0.3 is 9.84 Å². The van der Waals surface area contributed by atoms with Crippen LogP contribution in [0.3, 0.4) is 0 Å². The summed E-state index contributed by atoms with van der Waals surface area (Å²) in [5.74, 6) is -1.26. The molecule has 0 aliphatic heterocycles. The van der Waals surface area contributed by atoms with Crippen molar-refractivity contribution in [3.63, 3.8) is 0 Å². The van der Waals surface area contributed by atoms with Gasteiger partial charge in [-0.25, -0.2) is 0 Å². The van der Waals surface area contributed by atoms with Crippen molar-refractivity contribution in [3.05, 3.63) is 0 Å². The van der Waals surface area contributed by atoms with E-state index in [2.05, 4.69) is 13.8 Å². The lowest BCUT2D eigenvalue weighted by atomic mass is 9.95. The number of hydrogen-bond acceptors (Lipinski definition) is 3. The summed E-state index contributed by atoms with van der Waals surface area (Å²) < 4.78 is 5.47. The second kappa shape index (κ2) is 21.6. The lowest BCUT2D eigenvalue weighted by Crippen LogP contribution is -2.19. The number of carboxylic acids is 1. The molecule has 0 saturated heterocycles. The number of esters is 1. The summed E-state index contributed by atoms with van der Waals surface area (Å²) in [5, 5.41) is 8.95. The molecule has 0 aliphatic rings. The van der Waals surface area contributed by atoms with Crippen LogP contribution >= 0.6 is 0 Å². The van der Waals surface area contributed by atoms with Crippen LogP contribution in [0.25, 0.3) is 0 Å². The Balaban J connectivity index is 3.88. The molecular formula is C25H48O4. The molecule has 29 heavy (non-hydrogen) atoms. The van der Waals surface area contributed by atoms with E-state index in [0.717, 1.165) is 32.1 Å². The number of carbonyl (C=O) groups is 2. The van der Waals surface area contributed by atoms with Gasteiger partial charge in [0.1, 0.15) is 0 Å². The van der Waals surface area contributed by atoms with Gasteiger partial charge in [-0.15, -0.1) is 0 Å². The van der Waals surface area contributed by atoms with Gasteiger partial charge in [-0.2, -0.15) is 0 Å². The highest BCUT2D eigenvalue weighted by atomic mass is 16.5. The zero-order chi connectivity index (χ0) is 21.6. The molecule has 0 aromatic rings. The van der Waals surface area contributed by atoms with E-state index in [1.54, 1.807) is 0 Å². The highest BCUT2D eigenvalue weighted by Gasteiger charge is 2.20. The number of unbranched alkanes of at least 4 members (excludes halogenated alkanes) is 14. The molecule has 0 aliphatic carbocycles. The van der Waals surface area contributed by atoms with Crippen molar-refractivity contribution in [1.82, 2.24) is 0 Å². The number of carboxylic acid groups (broad SMARTS) is 1. The lowest BCUT2D eigenvalue weighted by molar-refractivity contribution is -0.149. The molecule has 0 aromatic carbocycles. The number of hydrogen-bond donors (Lipinski definition) is 1. The summed E-state index contributed by atoms with van der Waals surface area (Å²) in [5.41, 5.74) is 0. The zero-order valence-electron chi connectivity index (χ0n) is 19.4. The molecule has 1 N–H and O–H groups in total. The molecular weight excluding hydrogens is 364 g/mol. The number of aliphatic carboxylic acids is 1. The van der Waals surface area contributed by atoms with Crippen LogP contribution < -0.4 is 0 Å². The highest BCUT2D eigenvalue weighted by Crippen LogP contribution is 2.19. The molecule has 0 saturated carbocycles. The maximum atomic E-state index is 12.4. The van der Waals surface area contributed by atoms with Gasteiger partial charge in [0.25, 0.3) is 0 Å². The first-order valence-electron chi connectivity index (χ1n) is 12.5. The van der Waals surface area contributed by atoms with Crippen molar-refractivity contribution in [2.45, 2.75) is 136 Å². The van der Waals surface area contributed by atoms with E-state index in [1.807, 2.05) is 0 Å². The van der Waals surface area contributed by atoms with Gasteiger partial charge in [-0.1, -0.05) is 110 Å². The van der Waals surface area contributed by atoms with E-state index in [4.69, 9.17) is 9.84 Å². The smallest absolute Gasteiger partial charge is 0.308 e. The molecule has 1 unspecified atom stereocenters. The van der Waals surface area contributed by atoms with Gasteiger partial charge in [0.15, 0.2) is 0 Å². The van der Waals surface area contributed by atoms with Gasteiger partial charge in [0.2, 0.25) is 0 Å². The van der Waals surface area contributed by atoms with Crippen LogP contribution in [0.15, 0.2) is 0 Å². The minimum absolute atomic E-state index is 0.0501. The third-order valence-electron chi connectivity index (χ3n) is 5.69. The first-order chi connectivity index (χ1) is 14.1. The van der Waals surface area contributed by atoms with Gasteiger partial charge in [0, 0.05) is 6.42 Å². The summed E-state index contributed by atoms with van der Waals surface area (Å²) in [6.45, 7) is 4.94. The summed E-state index contributed by atoms with van der Waals surface area (Å²) in [6.07, 6.45) is 20.8. The first kappa shape index (κ1) is 27.9. The van der Waals surface area contributed by atoms with E-state index in [9.17, 15) is 9.59 Å². The van der Waals surface area contributed by atoms with Crippen molar-refractivity contribution >= 4 is 11.9 Å². The third kappa shape index (κ3) is 20.0. The molecule has 4 nitrogen and oxygen atoms in total. The van der Waals surface area contributed by atoms with Crippen molar-refractivity contribution in [2.24, 2.45) is 5.92 Å². The fraction of sp³-hybridized carbons (Fsp3) is 0.920. The fourth-order valence-corrected chi connectivity index (χ4v) is 3.73. The Labute approximate surface area is 180 Å². The second-order valence-corrected chi connectivity index (χ2v) is 8.54. The summed E-state index contributed by atoms with van der Waals surface area (Å²) in [7, 11) is 0. The number of rotatable bonds is 22. The maximum Gasteiger partial charge on any atom is 0.308 e. The van der Waals surface area contributed by atoms with Crippen molar-refractivity contribution in [3.8, 4) is 0 Å². The molecule has 0 spiro atoms. The van der Waals surface area contributed by atoms with E-state index < -0.39 is 5.97 Å². The number of ether oxygens (including phenoxy) is 1. The van der Waals surface area contributed by atoms with Gasteiger partial charge in [-0.3, -0.25) is 9.59 Å². The maximum absolute atomic E-state index is 12.4. The van der Waals surface area contributed by atoms with Crippen LogP contribution in [0.5, 0.6) is 0 Å². The Morgan fingerprint density at radius 3 is 1.59 bits per heavy atom. The minimum atomic E-state index is -0.832. The fourth-order valence-electron chi connectivity index (χ4n) is 3.73. The first-order valence-corrected chi connectivity index (χ1v) is 12.5. The predicted molar refractivity (Wildman–Crippen MR) is 121 cm³/mol. The Hall–Kier alpha value is -1.06. The molecule has 0 heterocycles. The lowest BCUT2D eigenvalue weighted by Gasteiger charge is -2.15. The van der Waals surface area contributed by atoms with Crippen molar-refractivity contribution in [2.75, 3.05) is 6.61 Å². The largest absolute Gasteiger partial charge is 0.481 e. The van der Waals surface area contributed by atoms with E-state index >= 15 is 0 Å². The third-order valence-corrected chi connectivity index (χ3v) is 5.69. The normalized spacial score (nSPS) is 12.1. The molecule has 4 heteroatoms. The molecule has 172 valence electrons. The van der Waals surface area contributed by atoms with Crippen LogP contribution in [-0.2, 0) is 14.3 Å². The summed E-state index contributed by atoms with van der Waals surface area (Å²) >= 11 is 0. The van der Waals surface area contributed by atoms with Crippen LogP contribution in [-0.4, -0.2) is 23.7 Å². The van der Waals surface area contributed by atoms with Gasteiger partial charge >= 0.3 is 11.9 Å². The van der Waals surface area contributed by atoms with Crippen LogP contribution in [0.1, 0.15) is 136 Å². The highest BCUT2D eigenvalue weighted by molar-refractivity contribution is 5.74. The average Bonchev–Trinajstić information content (AvgIpc) is 2.70. The van der Waals surface area contributed by atoms with E-state index in [0.29, 0.717) is 13.0 Å². The topological polar surface area (TPSA) is 63.6 Å². The van der Waals surface area contributed by atoms with Gasteiger partial charge in [-0.05, 0) is 19.3 Å². The standard InChI is InChI=1S/C25H48O4/c1-3-5-7-9-11-13-15-17-19-23(20-21-24(26)27)25(28)29-22-18-16-14-12-10-8-6-4-2/h23H,3-22H2,1-2H3,(H,26,27). The average molecular weight is 413 g/mol. The Bertz CT molecular complexity index is 381. The van der Waals surface area contributed by atoms with Gasteiger partial charge in [0.05, 0.1) is 12.5 Å². The van der Waals surface area contributed by atoms with Crippen LogP contribution in [0.4, 0.5) is 0 Å². The molecule has 1 atom stereocenters. The van der Waals surface area contributed by atoms with Crippen molar-refractivity contribution < 1.29 is 19.4 Å². The molecule has 0 fully saturated rings. The molecule has 0 amide bonds. The number of carbonyl (C=O) groups excluding carboxylic acids is 1. The Kier molecular flexibility index (Phi) is 20.9. The van der Waals surface area contributed by atoms with Crippen LogP contribution in [0, 0.1) is 5.92 Å². The summed E-state index contributed by atoms with van der Waals surface area (Å²) in [6, 6.07) is 0.